The second-order valence-electron chi connectivity index (χ2n) is 5.40. The van der Waals surface area contributed by atoms with E-state index in [0.29, 0.717) is 24.9 Å². The van der Waals surface area contributed by atoms with Crippen molar-refractivity contribution in [1.82, 2.24) is 5.32 Å². The van der Waals surface area contributed by atoms with Crippen molar-refractivity contribution in [3.63, 3.8) is 0 Å². The predicted molar refractivity (Wildman–Crippen MR) is 94.8 cm³/mol. The number of hydrogen-bond acceptors (Lipinski definition) is 5. The average Bonchev–Trinajstić information content (AvgIpc) is 2.51. The van der Waals surface area contributed by atoms with Crippen LogP contribution in [0.2, 0.25) is 0 Å². The number of rotatable bonds is 8. The van der Waals surface area contributed by atoms with Gasteiger partial charge in [-0.3, -0.25) is 9.59 Å². The minimum atomic E-state index is -3.78. The van der Waals surface area contributed by atoms with Crippen molar-refractivity contribution in [1.29, 1.82) is 0 Å². The van der Waals surface area contributed by atoms with Gasteiger partial charge in [-0.05, 0) is 37.1 Å². The molecule has 0 fully saturated rings. The fourth-order valence-corrected chi connectivity index (χ4v) is 3.26. The van der Waals surface area contributed by atoms with E-state index in [1.807, 2.05) is 13.8 Å². The Morgan fingerprint density at radius 3 is 2.00 bits per heavy atom. The molecule has 5 N–H and O–H groups in total. The molecule has 1 rings (SSSR count). The number of nitrogens with two attached hydrogens (primary N) is 2. The van der Waals surface area contributed by atoms with E-state index in [4.69, 9.17) is 11.5 Å². The molecule has 136 valence electrons. The lowest BCUT2D eigenvalue weighted by atomic mass is 9.92. The Kier molecular flexibility index (Phi) is 8.39. The van der Waals surface area contributed by atoms with Crippen molar-refractivity contribution in [2.45, 2.75) is 37.1 Å². The minimum Gasteiger partial charge on any atom is -0.369 e. The van der Waals surface area contributed by atoms with Crippen molar-refractivity contribution < 1.29 is 18.0 Å². The second-order valence-corrected chi connectivity index (χ2v) is 7.39. The zero-order valence-corrected chi connectivity index (χ0v) is 15.4. The van der Waals surface area contributed by atoms with Crippen molar-refractivity contribution >= 4 is 34.1 Å². The fraction of sp³-hybridized carbons (Fsp3) is 0.467. The third-order valence-electron chi connectivity index (χ3n) is 3.93. The molecule has 0 aliphatic rings. The van der Waals surface area contributed by atoms with E-state index in [9.17, 15) is 18.0 Å². The highest BCUT2D eigenvalue weighted by atomic mass is 35.5. The van der Waals surface area contributed by atoms with Gasteiger partial charge in [0.15, 0.2) is 9.84 Å². The molecule has 1 aromatic rings. The Bertz CT molecular complexity index is 662. The number of sulfone groups is 1. The maximum absolute atomic E-state index is 12.3. The van der Waals surface area contributed by atoms with Crippen molar-refractivity contribution in [3.05, 3.63) is 29.8 Å². The number of carbonyl (C=O) groups excluding carboxylic acids is 2. The summed E-state index contributed by atoms with van der Waals surface area (Å²) < 4.78 is 23.7. The number of halogens is 1. The highest BCUT2D eigenvalue weighted by molar-refractivity contribution is 7.92. The van der Waals surface area contributed by atoms with Gasteiger partial charge < -0.3 is 16.8 Å². The van der Waals surface area contributed by atoms with Gasteiger partial charge in [-0.15, -0.1) is 12.4 Å². The first-order valence-corrected chi connectivity index (χ1v) is 8.98. The summed E-state index contributed by atoms with van der Waals surface area (Å²) in [6, 6.07) is 5.37. The van der Waals surface area contributed by atoms with Crippen LogP contribution in [0.15, 0.2) is 29.2 Å². The monoisotopic (exact) mass is 377 g/mol. The lowest BCUT2D eigenvalue weighted by molar-refractivity contribution is -0.115. The molecule has 0 saturated carbocycles. The average molecular weight is 378 g/mol. The van der Waals surface area contributed by atoms with Gasteiger partial charge in [0.1, 0.15) is 5.75 Å². The van der Waals surface area contributed by atoms with Crippen molar-refractivity contribution in [2.24, 2.45) is 11.5 Å². The van der Waals surface area contributed by atoms with Crippen LogP contribution in [0, 0.1) is 0 Å². The maximum atomic E-state index is 12.3. The fourth-order valence-electron chi connectivity index (χ4n) is 2.16. The largest absolute Gasteiger partial charge is 0.369 e. The number of carbonyl (C=O) groups is 2. The molecule has 0 aliphatic heterocycles. The molecule has 9 heteroatoms. The number of benzene rings is 1. The Hall–Kier alpha value is -1.64. The molecule has 24 heavy (non-hydrogen) atoms. The van der Waals surface area contributed by atoms with E-state index >= 15 is 0 Å². The van der Waals surface area contributed by atoms with Crippen LogP contribution < -0.4 is 16.8 Å². The minimum absolute atomic E-state index is 0. The molecule has 7 nitrogen and oxygen atoms in total. The molecule has 0 aliphatic carbocycles. The molecular formula is C15H24ClN3O4S. The summed E-state index contributed by atoms with van der Waals surface area (Å²) in [4.78, 5) is 23.0. The highest BCUT2D eigenvalue weighted by Gasteiger charge is 2.27. The van der Waals surface area contributed by atoms with E-state index in [2.05, 4.69) is 5.32 Å². The highest BCUT2D eigenvalue weighted by Crippen LogP contribution is 2.16. The van der Waals surface area contributed by atoms with Crippen LogP contribution in [0.4, 0.5) is 0 Å². The molecule has 0 radical (unpaired) electrons. The van der Waals surface area contributed by atoms with Gasteiger partial charge in [0.2, 0.25) is 5.91 Å². The molecule has 0 saturated heterocycles. The van der Waals surface area contributed by atoms with E-state index < -0.39 is 27.0 Å². The summed E-state index contributed by atoms with van der Waals surface area (Å²) in [5.74, 6) is -2.01. The molecule has 2 amide bonds. The molecular weight excluding hydrogens is 354 g/mol. The Morgan fingerprint density at radius 1 is 1.12 bits per heavy atom. The summed E-state index contributed by atoms with van der Waals surface area (Å²) >= 11 is 0. The Balaban J connectivity index is 0.00000529. The molecule has 0 spiro atoms. The second kappa shape index (κ2) is 9.00. The molecule has 0 unspecified atom stereocenters. The smallest absolute Gasteiger partial charge is 0.251 e. The van der Waals surface area contributed by atoms with Gasteiger partial charge in [-0.1, -0.05) is 13.8 Å². The molecule has 0 heterocycles. The van der Waals surface area contributed by atoms with Gasteiger partial charge in [0.25, 0.3) is 5.91 Å². The first-order valence-electron chi connectivity index (χ1n) is 7.33. The van der Waals surface area contributed by atoms with Crippen molar-refractivity contribution in [2.75, 3.05) is 12.3 Å². The number of hydrogen-bond donors (Lipinski definition) is 3. The maximum Gasteiger partial charge on any atom is 0.251 e. The van der Waals surface area contributed by atoms with E-state index in [1.54, 1.807) is 0 Å². The third-order valence-corrected chi connectivity index (χ3v) is 5.59. The summed E-state index contributed by atoms with van der Waals surface area (Å²) in [7, 11) is -3.78. The SMILES string of the molecule is CCC(CC)(CN)NC(=O)c1ccc(S(=O)(=O)CC(N)=O)cc1.Cl. The lowest BCUT2D eigenvalue weighted by Gasteiger charge is -2.31. The number of primary amides is 1. The molecule has 0 atom stereocenters. The Morgan fingerprint density at radius 2 is 1.62 bits per heavy atom. The number of amides is 2. The van der Waals surface area contributed by atoms with Crippen LogP contribution in [0.5, 0.6) is 0 Å². The first kappa shape index (κ1) is 22.4. The van der Waals surface area contributed by atoms with Crippen LogP contribution in [0.1, 0.15) is 37.0 Å². The Labute approximate surface area is 148 Å². The van der Waals surface area contributed by atoms with Gasteiger partial charge >= 0.3 is 0 Å². The van der Waals surface area contributed by atoms with E-state index in [1.165, 1.54) is 24.3 Å². The standard InChI is InChI=1S/C15H23N3O4S.ClH/c1-3-15(4-2,10-16)18-14(20)11-5-7-12(8-6-11)23(21,22)9-13(17)19;/h5-8H,3-4,9-10,16H2,1-2H3,(H2,17,19)(H,18,20);1H. The zero-order valence-electron chi connectivity index (χ0n) is 13.7. The van der Waals surface area contributed by atoms with Crippen LogP contribution >= 0.6 is 12.4 Å². The third kappa shape index (κ3) is 5.47. The van der Waals surface area contributed by atoms with E-state index in [-0.39, 0.29) is 23.2 Å². The topological polar surface area (TPSA) is 132 Å². The normalized spacial score (nSPS) is 11.5. The van der Waals surface area contributed by atoms with Gasteiger partial charge in [0.05, 0.1) is 10.4 Å². The summed E-state index contributed by atoms with van der Waals surface area (Å²) in [5.41, 5.74) is 10.5. The van der Waals surface area contributed by atoms with Gasteiger partial charge in [0, 0.05) is 12.1 Å². The van der Waals surface area contributed by atoms with Gasteiger partial charge in [-0.2, -0.15) is 0 Å². The first-order chi connectivity index (χ1) is 10.7. The van der Waals surface area contributed by atoms with Crippen LogP contribution in [-0.4, -0.2) is 38.1 Å². The molecule has 0 aromatic heterocycles. The van der Waals surface area contributed by atoms with Crippen LogP contribution in [0.25, 0.3) is 0 Å². The van der Waals surface area contributed by atoms with Crippen molar-refractivity contribution in [3.8, 4) is 0 Å². The quantitative estimate of drug-likeness (QED) is 0.610. The van der Waals surface area contributed by atoms with Crippen LogP contribution in [0.3, 0.4) is 0 Å². The molecule has 0 bridgehead atoms. The van der Waals surface area contributed by atoms with E-state index in [0.717, 1.165) is 0 Å². The van der Waals surface area contributed by atoms with Crippen LogP contribution in [-0.2, 0) is 14.6 Å². The molecule has 1 aromatic carbocycles. The predicted octanol–water partition coefficient (Wildman–Crippen LogP) is 0.615. The summed E-state index contributed by atoms with van der Waals surface area (Å²) in [6.45, 7) is 4.20. The summed E-state index contributed by atoms with van der Waals surface area (Å²) in [6.07, 6.45) is 1.38. The lowest BCUT2D eigenvalue weighted by Crippen LogP contribution is -2.52. The zero-order chi connectivity index (χ0) is 17.7. The van der Waals surface area contributed by atoms with Gasteiger partial charge in [-0.25, -0.2) is 8.42 Å². The summed E-state index contributed by atoms with van der Waals surface area (Å²) in [5, 5.41) is 2.90. The number of nitrogens with one attached hydrogen (secondary N) is 1.